The van der Waals surface area contributed by atoms with Crippen molar-refractivity contribution in [1.29, 1.82) is 0 Å². The minimum Gasteiger partial charge on any atom is -0.495 e. The van der Waals surface area contributed by atoms with E-state index in [9.17, 15) is 0 Å². The van der Waals surface area contributed by atoms with Crippen molar-refractivity contribution in [2.24, 2.45) is 5.92 Å². The molecule has 0 saturated carbocycles. The minimum atomic E-state index is 0.306. The molecule has 1 atom stereocenters. The van der Waals surface area contributed by atoms with E-state index in [0.29, 0.717) is 17.0 Å². The van der Waals surface area contributed by atoms with Gasteiger partial charge >= 0.3 is 0 Å². The topological polar surface area (TPSA) is 21.3 Å². The summed E-state index contributed by atoms with van der Waals surface area (Å²) in [6.45, 7) is 0. The maximum atomic E-state index is 6.27. The lowest BCUT2D eigenvalue weighted by molar-refractivity contribution is 0.394. The van der Waals surface area contributed by atoms with Crippen molar-refractivity contribution in [2.45, 2.75) is 18.9 Å². The van der Waals surface area contributed by atoms with E-state index >= 15 is 0 Å². The second kappa shape index (κ2) is 6.08. The fourth-order valence-corrected chi connectivity index (χ4v) is 3.65. The Morgan fingerprint density at radius 1 is 1.14 bits per heavy atom. The Labute approximate surface area is 131 Å². The largest absolute Gasteiger partial charge is 0.495 e. The van der Waals surface area contributed by atoms with Gasteiger partial charge in [0.25, 0.3) is 0 Å². The van der Waals surface area contributed by atoms with E-state index in [2.05, 4.69) is 35.6 Å². The monoisotopic (exact) mass is 301 g/mol. The summed E-state index contributed by atoms with van der Waals surface area (Å²) in [7, 11) is 3.66. The van der Waals surface area contributed by atoms with E-state index in [4.69, 9.17) is 16.3 Å². The van der Waals surface area contributed by atoms with Gasteiger partial charge in [0, 0.05) is 6.04 Å². The molecular formula is C18H20ClNO. The molecule has 2 aromatic carbocycles. The first kappa shape index (κ1) is 14.4. The normalized spacial score (nSPS) is 15.8. The van der Waals surface area contributed by atoms with E-state index in [1.54, 1.807) is 7.11 Å². The molecule has 0 radical (unpaired) electrons. The summed E-state index contributed by atoms with van der Waals surface area (Å²) in [6.07, 6.45) is 2.23. The smallest absolute Gasteiger partial charge is 0.137 e. The molecule has 2 nitrogen and oxygen atoms in total. The van der Waals surface area contributed by atoms with Gasteiger partial charge in [-0.05, 0) is 54.6 Å². The number of halogens is 1. The van der Waals surface area contributed by atoms with E-state index < -0.39 is 0 Å². The van der Waals surface area contributed by atoms with E-state index in [-0.39, 0.29) is 0 Å². The van der Waals surface area contributed by atoms with Crippen LogP contribution in [0.15, 0.2) is 42.5 Å². The number of nitrogens with one attached hydrogen (secondary N) is 1. The van der Waals surface area contributed by atoms with Gasteiger partial charge in [-0.15, -0.1) is 0 Å². The van der Waals surface area contributed by atoms with Crippen LogP contribution in [0.25, 0.3) is 0 Å². The van der Waals surface area contributed by atoms with Crippen molar-refractivity contribution in [2.75, 3.05) is 14.2 Å². The van der Waals surface area contributed by atoms with Gasteiger partial charge in [0.1, 0.15) is 5.75 Å². The van der Waals surface area contributed by atoms with Gasteiger partial charge in [0.2, 0.25) is 0 Å². The Morgan fingerprint density at radius 3 is 2.33 bits per heavy atom. The number of hydrogen-bond acceptors (Lipinski definition) is 2. The van der Waals surface area contributed by atoms with Gasteiger partial charge in [0.05, 0.1) is 12.1 Å². The number of ether oxygens (including phenoxy) is 1. The van der Waals surface area contributed by atoms with Crippen molar-refractivity contribution in [3.05, 3.63) is 64.2 Å². The maximum Gasteiger partial charge on any atom is 0.137 e. The van der Waals surface area contributed by atoms with Crippen LogP contribution in [0.4, 0.5) is 0 Å². The number of fused-ring (bicyclic) bond motifs is 1. The number of hydrogen-bond donors (Lipinski definition) is 1. The lowest BCUT2D eigenvalue weighted by Crippen LogP contribution is -2.25. The third-order valence-electron chi connectivity index (χ3n) is 4.40. The van der Waals surface area contributed by atoms with Gasteiger partial charge in [0.15, 0.2) is 0 Å². The summed E-state index contributed by atoms with van der Waals surface area (Å²) in [5, 5.41) is 4.13. The highest BCUT2D eigenvalue weighted by Gasteiger charge is 2.28. The van der Waals surface area contributed by atoms with Crippen LogP contribution in [0.3, 0.4) is 0 Å². The van der Waals surface area contributed by atoms with Gasteiger partial charge in [-0.2, -0.15) is 0 Å². The van der Waals surface area contributed by atoms with Crippen LogP contribution in [0.1, 0.15) is 22.7 Å². The Kier molecular flexibility index (Phi) is 4.18. The highest BCUT2D eigenvalue weighted by Crippen LogP contribution is 2.37. The average molecular weight is 302 g/mol. The molecular weight excluding hydrogens is 282 g/mol. The van der Waals surface area contributed by atoms with Gasteiger partial charge in [-0.1, -0.05) is 41.9 Å². The molecule has 0 aromatic heterocycles. The second-order valence-corrected chi connectivity index (χ2v) is 6.00. The molecule has 110 valence electrons. The van der Waals surface area contributed by atoms with Crippen LogP contribution in [0.2, 0.25) is 5.02 Å². The Hall–Kier alpha value is -1.51. The summed E-state index contributed by atoms with van der Waals surface area (Å²) in [5.41, 5.74) is 4.17. The molecule has 2 aromatic rings. The zero-order valence-corrected chi connectivity index (χ0v) is 13.2. The number of benzene rings is 2. The summed E-state index contributed by atoms with van der Waals surface area (Å²) in [6, 6.07) is 15.1. The molecule has 1 aliphatic carbocycles. The van der Waals surface area contributed by atoms with Crippen LogP contribution in [-0.2, 0) is 12.8 Å². The SMILES string of the molecule is CNC(c1ccc(OC)c(Cl)c1)C1Cc2ccccc2C1. The zero-order valence-electron chi connectivity index (χ0n) is 12.4. The molecule has 21 heavy (non-hydrogen) atoms. The minimum absolute atomic E-state index is 0.306. The van der Waals surface area contributed by atoms with E-state index in [1.807, 2.05) is 19.2 Å². The van der Waals surface area contributed by atoms with Crippen molar-refractivity contribution in [3.63, 3.8) is 0 Å². The maximum absolute atomic E-state index is 6.27. The molecule has 1 aliphatic rings. The quantitative estimate of drug-likeness (QED) is 0.921. The molecule has 3 heteroatoms. The van der Waals surface area contributed by atoms with Crippen molar-refractivity contribution in [1.82, 2.24) is 5.32 Å². The Bertz CT molecular complexity index is 616. The van der Waals surface area contributed by atoms with Crippen LogP contribution in [-0.4, -0.2) is 14.2 Å². The third kappa shape index (κ3) is 2.78. The van der Waals surface area contributed by atoms with Crippen LogP contribution in [0.5, 0.6) is 5.75 Å². The molecule has 1 unspecified atom stereocenters. The lowest BCUT2D eigenvalue weighted by atomic mass is 9.90. The molecule has 3 rings (SSSR count). The first-order chi connectivity index (χ1) is 10.2. The average Bonchev–Trinajstić information content (AvgIpc) is 2.91. The Morgan fingerprint density at radius 2 is 1.81 bits per heavy atom. The first-order valence-electron chi connectivity index (χ1n) is 7.30. The molecule has 0 heterocycles. The molecule has 0 spiro atoms. The first-order valence-corrected chi connectivity index (χ1v) is 7.68. The molecule has 1 N–H and O–H groups in total. The highest BCUT2D eigenvalue weighted by molar-refractivity contribution is 6.32. The van der Waals surface area contributed by atoms with Crippen LogP contribution >= 0.6 is 11.6 Å². The fourth-order valence-electron chi connectivity index (χ4n) is 3.38. The number of rotatable bonds is 4. The van der Waals surface area contributed by atoms with Crippen LogP contribution in [0, 0.1) is 5.92 Å². The van der Waals surface area contributed by atoms with E-state index in [1.165, 1.54) is 16.7 Å². The molecule has 0 saturated heterocycles. The fraction of sp³-hybridized carbons (Fsp3) is 0.333. The van der Waals surface area contributed by atoms with Crippen LogP contribution < -0.4 is 10.1 Å². The van der Waals surface area contributed by atoms with Crippen molar-refractivity contribution < 1.29 is 4.74 Å². The summed E-state index contributed by atoms with van der Waals surface area (Å²) < 4.78 is 5.24. The van der Waals surface area contributed by atoms with Crippen molar-refractivity contribution in [3.8, 4) is 5.75 Å². The predicted octanol–water partition coefficient (Wildman–Crippen LogP) is 4.02. The van der Waals surface area contributed by atoms with Crippen molar-refractivity contribution >= 4 is 11.6 Å². The lowest BCUT2D eigenvalue weighted by Gasteiger charge is -2.24. The van der Waals surface area contributed by atoms with E-state index in [0.717, 1.165) is 18.6 Å². The number of methoxy groups -OCH3 is 1. The van der Waals surface area contributed by atoms with Gasteiger partial charge in [-0.3, -0.25) is 0 Å². The Balaban J connectivity index is 1.85. The second-order valence-electron chi connectivity index (χ2n) is 5.60. The molecule has 0 amide bonds. The standard InChI is InChI=1S/C18H20ClNO/c1-20-18(14-7-8-17(21-2)16(19)11-14)15-9-12-5-3-4-6-13(12)10-15/h3-8,11,15,18,20H,9-10H2,1-2H3. The third-order valence-corrected chi connectivity index (χ3v) is 4.70. The predicted molar refractivity (Wildman–Crippen MR) is 87.1 cm³/mol. The van der Waals surface area contributed by atoms with Gasteiger partial charge in [-0.25, -0.2) is 0 Å². The summed E-state index contributed by atoms with van der Waals surface area (Å²) in [4.78, 5) is 0. The van der Waals surface area contributed by atoms with Gasteiger partial charge < -0.3 is 10.1 Å². The zero-order chi connectivity index (χ0) is 14.8. The molecule has 0 bridgehead atoms. The highest BCUT2D eigenvalue weighted by atomic mass is 35.5. The molecule has 0 aliphatic heterocycles. The summed E-state index contributed by atoms with van der Waals surface area (Å²) >= 11 is 6.27. The molecule has 0 fully saturated rings. The summed E-state index contributed by atoms with van der Waals surface area (Å²) in [5.74, 6) is 1.29.